The van der Waals surface area contributed by atoms with Crippen LogP contribution in [-0.4, -0.2) is 41.5 Å². The number of primary amides is 1. The van der Waals surface area contributed by atoms with Crippen LogP contribution < -0.4 is 5.73 Å². The predicted octanol–water partition coefficient (Wildman–Crippen LogP) is 0.507. The number of halogens is 1. The molecule has 0 unspecified atom stereocenters. The van der Waals surface area contributed by atoms with Gasteiger partial charge in [-0.2, -0.15) is 0 Å². The third-order valence-corrected chi connectivity index (χ3v) is 2.68. The first-order chi connectivity index (χ1) is 9.99. The van der Waals surface area contributed by atoms with Crippen molar-refractivity contribution < 1.29 is 19.1 Å². The second-order valence-corrected chi connectivity index (χ2v) is 4.26. The summed E-state index contributed by atoms with van der Waals surface area (Å²) < 4.78 is 14.0. The number of likely N-dealkylation sites (N-methyl/N-ethyl adjacent to an activating group) is 1. The Hall–Kier alpha value is -2.39. The third-order valence-electron chi connectivity index (χ3n) is 2.68. The van der Waals surface area contributed by atoms with Gasteiger partial charge in [0, 0.05) is 18.5 Å². The highest BCUT2D eigenvalue weighted by Gasteiger charge is 2.19. The molecule has 0 heterocycles. The summed E-state index contributed by atoms with van der Waals surface area (Å²) in [5.41, 5.74) is 5.33. The van der Waals surface area contributed by atoms with E-state index in [9.17, 15) is 14.0 Å². The van der Waals surface area contributed by atoms with Crippen LogP contribution in [0.4, 0.5) is 4.39 Å². The van der Waals surface area contributed by atoms with E-state index in [4.69, 9.17) is 10.8 Å². The number of aliphatic hydroxyl groups excluding tert-OH is 1. The van der Waals surface area contributed by atoms with Crippen molar-refractivity contribution in [3.8, 4) is 11.8 Å². The molecule has 3 N–H and O–H groups in total. The molecule has 1 aromatic rings. The average Bonchev–Trinajstić information content (AvgIpc) is 2.44. The number of rotatable bonds is 5. The normalized spacial score (nSPS) is 9.67. The molecule has 0 saturated heterocycles. The summed E-state index contributed by atoms with van der Waals surface area (Å²) in [5, 5.41) is 8.61. The van der Waals surface area contributed by atoms with Crippen LogP contribution in [0.15, 0.2) is 18.2 Å². The fourth-order valence-electron chi connectivity index (χ4n) is 1.67. The highest BCUT2D eigenvalue weighted by atomic mass is 19.1. The fraction of sp³-hybridized carbons (Fsp3) is 0.333. The summed E-state index contributed by atoms with van der Waals surface area (Å²) in [6.07, 6.45) is 0.296. The van der Waals surface area contributed by atoms with Gasteiger partial charge in [0.25, 0.3) is 5.91 Å². The van der Waals surface area contributed by atoms with E-state index in [0.29, 0.717) is 12.0 Å². The van der Waals surface area contributed by atoms with Gasteiger partial charge in [-0.1, -0.05) is 11.8 Å². The molecule has 0 fully saturated rings. The average molecular weight is 292 g/mol. The van der Waals surface area contributed by atoms with Gasteiger partial charge in [-0.15, -0.1) is 0 Å². The van der Waals surface area contributed by atoms with E-state index in [0.717, 1.165) is 11.0 Å². The molecule has 0 aliphatic rings. The number of hydrogen-bond donors (Lipinski definition) is 2. The Morgan fingerprint density at radius 2 is 2.14 bits per heavy atom. The summed E-state index contributed by atoms with van der Waals surface area (Å²) in [4.78, 5) is 24.2. The zero-order chi connectivity index (χ0) is 15.8. The van der Waals surface area contributed by atoms with Crippen molar-refractivity contribution in [3.05, 3.63) is 35.1 Å². The topological polar surface area (TPSA) is 83.6 Å². The van der Waals surface area contributed by atoms with Crippen molar-refractivity contribution in [1.82, 2.24) is 4.90 Å². The fourth-order valence-corrected chi connectivity index (χ4v) is 1.67. The number of carbonyl (C=O) groups is 2. The lowest BCUT2D eigenvalue weighted by Gasteiger charge is -2.19. The van der Waals surface area contributed by atoms with Gasteiger partial charge in [-0.3, -0.25) is 9.59 Å². The van der Waals surface area contributed by atoms with Gasteiger partial charge in [0.2, 0.25) is 5.91 Å². The van der Waals surface area contributed by atoms with E-state index in [1.165, 1.54) is 12.1 Å². The van der Waals surface area contributed by atoms with E-state index in [-0.39, 0.29) is 25.3 Å². The van der Waals surface area contributed by atoms with Crippen LogP contribution in [0.1, 0.15) is 29.3 Å². The number of nitrogens with two attached hydrogens (primary N) is 1. The lowest BCUT2D eigenvalue weighted by Crippen LogP contribution is -2.38. The van der Waals surface area contributed by atoms with Crippen molar-refractivity contribution in [1.29, 1.82) is 0 Å². The van der Waals surface area contributed by atoms with E-state index in [2.05, 4.69) is 11.8 Å². The van der Waals surface area contributed by atoms with Crippen LogP contribution in [0.2, 0.25) is 0 Å². The molecule has 0 spiro atoms. The first kappa shape index (κ1) is 16.7. The Labute approximate surface area is 122 Å². The molecular weight excluding hydrogens is 275 g/mol. The molecule has 0 atom stereocenters. The van der Waals surface area contributed by atoms with Crippen molar-refractivity contribution in [2.24, 2.45) is 5.73 Å². The van der Waals surface area contributed by atoms with Gasteiger partial charge in [0.15, 0.2) is 0 Å². The molecule has 0 saturated carbocycles. The van der Waals surface area contributed by atoms with Gasteiger partial charge in [0.1, 0.15) is 5.82 Å². The number of hydrogen-bond acceptors (Lipinski definition) is 3. The minimum Gasteiger partial charge on any atom is -0.395 e. The Bertz CT molecular complexity index is 590. The van der Waals surface area contributed by atoms with Crippen LogP contribution in [-0.2, 0) is 4.79 Å². The molecule has 6 heteroatoms. The maximum Gasteiger partial charge on any atom is 0.257 e. The Balaban J connectivity index is 2.96. The molecule has 5 nitrogen and oxygen atoms in total. The molecule has 0 aliphatic carbocycles. The maximum absolute atomic E-state index is 14.0. The highest BCUT2D eigenvalue weighted by Crippen LogP contribution is 2.12. The molecule has 0 aliphatic heterocycles. The summed E-state index contributed by atoms with van der Waals surface area (Å²) in [7, 11) is 0. The summed E-state index contributed by atoms with van der Waals surface area (Å²) >= 11 is 0. The monoisotopic (exact) mass is 292 g/mol. The van der Waals surface area contributed by atoms with Crippen molar-refractivity contribution in [3.63, 3.8) is 0 Å². The zero-order valence-electron chi connectivity index (χ0n) is 11.7. The van der Waals surface area contributed by atoms with Crippen LogP contribution >= 0.6 is 0 Å². The third kappa shape index (κ3) is 4.89. The molecule has 0 radical (unpaired) electrons. The van der Waals surface area contributed by atoms with Gasteiger partial charge >= 0.3 is 0 Å². The summed E-state index contributed by atoms with van der Waals surface area (Å²) in [5.74, 6) is 3.38. The van der Waals surface area contributed by atoms with Crippen molar-refractivity contribution in [2.45, 2.75) is 13.3 Å². The molecular formula is C15H17FN2O3. The second kappa shape index (κ2) is 8.02. The molecule has 112 valence electrons. The summed E-state index contributed by atoms with van der Waals surface area (Å²) in [6.45, 7) is 1.60. The molecule has 21 heavy (non-hydrogen) atoms. The second-order valence-electron chi connectivity index (χ2n) is 4.26. The number of carbonyl (C=O) groups excluding carboxylic acids is 2. The van der Waals surface area contributed by atoms with E-state index in [1.54, 1.807) is 6.92 Å². The lowest BCUT2D eigenvalue weighted by atomic mass is 10.1. The predicted molar refractivity (Wildman–Crippen MR) is 75.8 cm³/mol. The first-order valence-electron chi connectivity index (χ1n) is 6.46. The van der Waals surface area contributed by atoms with Gasteiger partial charge in [-0.05, 0) is 25.1 Å². The number of aliphatic hydroxyl groups is 1. The van der Waals surface area contributed by atoms with Crippen LogP contribution in [0.25, 0.3) is 0 Å². The summed E-state index contributed by atoms with van der Waals surface area (Å²) in [6, 6.07) is 3.98. The Kier molecular flexibility index (Phi) is 6.37. The maximum atomic E-state index is 14.0. The highest BCUT2D eigenvalue weighted by molar-refractivity contribution is 5.96. The van der Waals surface area contributed by atoms with Crippen LogP contribution in [0.5, 0.6) is 0 Å². The number of benzene rings is 1. The zero-order valence-corrected chi connectivity index (χ0v) is 11.7. The van der Waals surface area contributed by atoms with E-state index in [1.807, 2.05) is 0 Å². The largest absolute Gasteiger partial charge is 0.395 e. The smallest absolute Gasteiger partial charge is 0.257 e. The molecule has 1 rings (SSSR count). The number of nitrogens with zero attached hydrogens (tertiary/aromatic N) is 1. The van der Waals surface area contributed by atoms with E-state index < -0.39 is 17.6 Å². The van der Waals surface area contributed by atoms with Gasteiger partial charge in [0.05, 0.1) is 18.7 Å². The standard InChI is InChI=1S/C15H17FN2O3/c1-2-18(10-14(17)20)15(21)12-7-6-11(9-13(12)16)5-3-4-8-19/h6-7,9,19H,2,4,8,10H2,1H3,(H2,17,20). The number of amides is 2. The van der Waals surface area contributed by atoms with Crippen LogP contribution in [0, 0.1) is 17.7 Å². The minimum absolute atomic E-state index is 0.0649. The van der Waals surface area contributed by atoms with Crippen molar-refractivity contribution in [2.75, 3.05) is 19.7 Å². The molecule has 0 aromatic heterocycles. The quantitative estimate of drug-likeness (QED) is 0.775. The van der Waals surface area contributed by atoms with Gasteiger partial charge < -0.3 is 15.7 Å². The lowest BCUT2D eigenvalue weighted by molar-refractivity contribution is -0.118. The first-order valence-corrected chi connectivity index (χ1v) is 6.46. The Morgan fingerprint density at radius 3 is 2.67 bits per heavy atom. The van der Waals surface area contributed by atoms with E-state index >= 15 is 0 Å². The van der Waals surface area contributed by atoms with Crippen LogP contribution in [0.3, 0.4) is 0 Å². The molecule has 1 aromatic carbocycles. The molecule has 2 amide bonds. The molecule has 0 bridgehead atoms. The SMILES string of the molecule is CCN(CC(N)=O)C(=O)c1ccc(C#CCCO)cc1F. The minimum atomic E-state index is -0.710. The van der Waals surface area contributed by atoms with Gasteiger partial charge in [-0.25, -0.2) is 4.39 Å². The Morgan fingerprint density at radius 1 is 1.43 bits per heavy atom. The van der Waals surface area contributed by atoms with Crippen molar-refractivity contribution >= 4 is 11.8 Å².